The molecule has 0 saturated heterocycles. The minimum absolute atomic E-state index is 0.0389. The molecule has 6 nitrogen and oxygen atoms in total. The first-order valence-corrected chi connectivity index (χ1v) is 12.4. The molecule has 3 aromatic rings. The number of hydrogen-bond acceptors (Lipinski definition) is 4. The second-order valence-electron chi connectivity index (χ2n) is 11.5. The molecule has 4 rings (SSSR count). The fourth-order valence-electron chi connectivity index (χ4n) is 4.39. The number of ether oxygens (including phenoxy) is 1. The number of amides is 2. The Bertz CT molecular complexity index is 1330. The number of benzene rings is 3. The molecule has 0 saturated carbocycles. The van der Waals surface area contributed by atoms with Crippen molar-refractivity contribution in [2.45, 2.75) is 58.4 Å². The standard InChI is InChI=1S/C31H33NO5/c1-30(2,3)21-15-22(31(4,5)6)17-23(16-21)37-18-26(19-10-8-7-9-11-19)32-27(33)24-13-12-20(29(35)36)14-25(24)28(32)34/h7-17,26H,18H2,1-6H3,(H,35,36). The van der Waals surface area contributed by atoms with Gasteiger partial charge in [-0.2, -0.15) is 0 Å². The van der Waals surface area contributed by atoms with Crippen LogP contribution in [-0.4, -0.2) is 34.4 Å². The molecule has 0 aliphatic carbocycles. The maximum Gasteiger partial charge on any atom is 0.335 e. The average Bonchev–Trinajstić information content (AvgIpc) is 3.08. The molecule has 1 heterocycles. The first-order chi connectivity index (χ1) is 17.3. The van der Waals surface area contributed by atoms with Crippen molar-refractivity contribution in [1.82, 2.24) is 4.90 Å². The highest BCUT2D eigenvalue weighted by molar-refractivity contribution is 6.22. The molecule has 0 spiro atoms. The van der Waals surface area contributed by atoms with Crippen molar-refractivity contribution in [3.05, 3.63) is 100 Å². The zero-order chi connectivity index (χ0) is 27.1. The van der Waals surface area contributed by atoms with E-state index in [-0.39, 0.29) is 34.1 Å². The van der Waals surface area contributed by atoms with Crippen LogP contribution in [0.5, 0.6) is 5.75 Å². The monoisotopic (exact) mass is 499 g/mol. The van der Waals surface area contributed by atoms with Crippen molar-refractivity contribution in [3.63, 3.8) is 0 Å². The molecule has 192 valence electrons. The summed E-state index contributed by atoms with van der Waals surface area (Å²) in [6, 6.07) is 18.8. The number of imide groups is 1. The van der Waals surface area contributed by atoms with Gasteiger partial charge >= 0.3 is 5.97 Å². The lowest BCUT2D eigenvalue weighted by Gasteiger charge is -2.29. The SMILES string of the molecule is CC(C)(C)c1cc(OCC(c2ccccc2)N2C(=O)c3ccc(C(=O)O)cc3C2=O)cc(C(C)(C)C)c1. The molecule has 1 aliphatic heterocycles. The molecule has 6 heteroatoms. The summed E-state index contributed by atoms with van der Waals surface area (Å²) >= 11 is 0. The van der Waals surface area contributed by atoms with Crippen LogP contribution < -0.4 is 4.74 Å². The van der Waals surface area contributed by atoms with E-state index in [9.17, 15) is 19.5 Å². The second kappa shape index (κ2) is 9.51. The van der Waals surface area contributed by atoms with Crippen LogP contribution in [0.4, 0.5) is 0 Å². The van der Waals surface area contributed by atoms with E-state index in [1.165, 1.54) is 23.1 Å². The van der Waals surface area contributed by atoms with Crippen LogP contribution in [0.2, 0.25) is 0 Å². The number of nitrogens with zero attached hydrogens (tertiary/aromatic N) is 1. The number of hydrogen-bond donors (Lipinski definition) is 1. The summed E-state index contributed by atoms with van der Waals surface area (Å²) in [5.41, 5.74) is 3.07. The zero-order valence-corrected chi connectivity index (χ0v) is 22.2. The average molecular weight is 500 g/mol. The Morgan fingerprint density at radius 2 is 1.38 bits per heavy atom. The molecular formula is C31H33NO5. The highest BCUT2D eigenvalue weighted by Crippen LogP contribution is 2.35. The van der Waals surface area contributed by atoms with Gasteiger partial charge in [-0.25, -0.2) is 4.79 Å². The van der Waals surface area contributed by atoms with E-state index >= 15 is 0 Å². The Balaban J connectivity index is 1.72. The van der Waals surface area contributed by atoms with Gasteiger partial charge in [0.15, 0.2) is 0 Å². The van der Waals surface area contributed by atoms with Gasteiger partial charge < -0.3 is 9.84 Å². The van der Waals surface area contributed by atoms with E-state index in [1.807, 2.05) is 42.5 Å². The van der Waals surface area contributed by atoms with Crippen molar-refractivity contribution in [2.24, 2.45) is 0 Å². The lowest BCUT2D eigenvalue weighted by Crippen LogP contribution is -2.37. The largest absolute Gasteiger partial charge is 0.491 e. The van der Waals surface area contributed by atoms with Gasteiger partial charge in [0.05, 0.1) is 22.7 Å². The van der Waals surface area contributed by atoms with Gasteiger partial charge in [0.25, 0.3) is 11.8 Å². The van der Waals surface area contributed by atoms with Crippen LogP contribution in [0.15, 0.2) is 66.7 Å². The lowest BCUT2D eigenvalue weighted by atomic mass is 9.80. The number of carboxylic acids is 1. The molecule has 2 amide bonds. The summed E-state index contributed by atoms with van der Waals surface area (Å²) in [5.74, 6) is -1.48. The van der Waals surface area contributed by atoms with E-state index in [2.05, 4.69) is 47.6 Å². The summed E-state index contributed by atoms with van der Waals surface area (Å²) in [6.07, 6.45) is 0. The van der Waals surface area contributed by atoms with Gasteiger partial charge in [-0.05, 0) is 57.9 Å². The van der Waals surface area contributed by atoms with E-state index in [4.69, 9.17) is 4.74 Å². The van der Waals surface area contributed by atoms with Gasteiger partial charge in [-0.1, -0.05) is 77.9 Å². The molecule has 37 heavy (non-hydrogen) atoms. The second-order valence-corrected chi connectivity index (χ2v) is 11.5. The molecule has 1 unspecified atom stereocenters. The Hall–Kier alpha value is -3.93. The smallest absolute Gasteiger partial charge is 0.335 e. The number of carboxylic acid groups (broad SMARTS) is 1. The lowest BCUT2D eigenvalue weighted by molar-refractivity contribution is 0.0529. The van der Waals surface area contributed by atoms with E-state index in [0.717, 1.165) is 16.7 Å². The molecule has 0 radical (unpaired) electrons. The van der Waals surface area contributed by atoms with Gasteiger partial charge in [0, 0.05) is 0 Å². The van der Waals surface area contributed by atoms with Crippen LogP contribution in [0.25, 0.3) is 0 Å². The highest BCUT2D eigenvalue weighted by atomic mass is 16.5. The Labute approximate surface area is 217 Å². The summed E-state index contributed by atoms with van der Waals surface area (Å²) in [5, 5.41) is 9.36. The maximum absolute atomic E-state index is 13.4. The number of carbonyl (C=O) groups is 3. The van der Waals surface area contributed by atoms with Gasteiger partial charge in [-0.15, -0.1) is 0 Å². The molecule has 3 aromatic carbocycles. The minimum Gasteiger partial charge on any atom is -0.491 e. The predicted molar refractivity (Wildman–Crippen MR) is 142 cm³/mol. The number of fused-ring (bicyclic) bond motifs is 1. The molecule has 0 aromatic heterocycles. The number of rotatable bonds is 6. The maximum atomic E-state index is 13.4. The van der Waals surface area contributed by atoms with E-state index in [1.54, 1.807) is 0 Å². The molecule has 1 atom stereocenters. The van der Waals surface area contributed by atoms with Crippen molar-refractivity contribution in [1.29, 1.82) is 0 Å². The first kappa shape index (κ1) is 26.1. The van der Waals surface area contributed by atoms with Crippen LogP contribution in [0, 0.1) is 0 Å². The molecule has 1 aliphatic rings. The third-order valence-corrected chi connectivity index (χ3v) is 6.71. The van der Waals surface area contributed by atoms with Gasteiger partial charge in [0.2, 0.25) is 0 Å². The van der Waals surface area contributed by atoms with Gasteiger partial charge in [-0.3, -0.25) is 14.5 Å². The summed E-state index contributed by atoms with van der Waals surface area (Å²) < 4.78 is 6.32. The normalized spacial score (nSPS) is 14.5. The quantitative estimate of drug-likeness (QED) is 0.397. The Kier molecular flexibility index (Phi) is 6.72. The fraction of sp³-hybridized carbons (Fsp3) is 0.323. The first-order valence-electron chi connectivity index (χ1n) is 12.4. The van der Waals surface area contributed by atoms with Crippen molar-refractivity contribution in [2.75, 3.05) is 6.61 Å². The summed E-state index contributed by atoms with van der Waals surface area (Å²) in [6.45, 7) is 12.9. The minimum atomic E-state index is -1.15. The summed E-state index contributed by atoms with van der Waals surface area (Å²) in [4.78, 5) is 39.5. The van der Waals surface area contributed by atoms with Crippen molar-refractivity contribution in [3.8, 4) is 5.75 Å². The van der Waals surface area contributed by atoms with Crippen molar-refractivity contribution < 1.29 is 24.2 Å². The Morgan fingerprint density at radius 1 is 0.811 bits per heavy atom. The number of aromatic carboxylic acids is 1. The molecule has 0 fully saturated rings. The topological polar surface area (TPSA) is 83.9 Å². The fourth-order valence-corrected chi connectivity index (χ4v) is 4.39. The van der Waals surface area contributed by atoms with E-state index in [0.29, 0.717) is 5.75 Å². The highest BCUT2D eigenvalue weighted by Gasteiger charge is 2.41. The summed E-state index contributed by atoms with van der Waals surface area (Å²) in [7, 11) is 0. The van der Waals surface area contributed by atoms with Gasteiger partial charge in [0.1, 0.15) is 12.4 Å². The van der Waals surface area contributed by atoms with Crippen LogP contribution in [0.1, 0.15) is 95.3 Å². The molecule has 1 N–H and O–H groups in total. The Morgan fingerprint density at radius 3 is 1.92 bits per heavy atom. The third-order valence-electron chi connectivity index (χ3n) is 6.71. The molecule has 0 bridgehead atoms. The zero-order valence-electron chi connectivity index (χ0n) is 22.2. The number of carbonyl (C=O) groups excluding carboxylic acids is 2. The van der Waals surface area contributed by atoms with E-state index < -0.39 is 23.8 Å². The third kappa shape index (κ3) is 5.29. The predicted octanol–water partition coefficient (Wildman–Crippen LogP) is 6.40. The van der Waals surface area contributed by atoms with Crippen LogP contribution >= 0.6 is 0 Å². The van der Waals surface area contributed by atoms with Crippen molar-refractivity contribution >= 4 is 17.8 Å². The molecular weight excluding hydrogens is 466 g/mol. The van der Waals surface area contributed by atoms with Crippen LogP contribution in [0.3, 0.4) is 0 Å². The van der Waals surface area contributed by atoms with Crippen LogP contribution in [-0.2, 0) is 10.8 Å².